The van der Waals surface area contributed by atoms with Gasteiger partial charge in [0.25, 0.3) is 11.9 Å². The Balaban J connectivity index is 1.27. The van der Waals surface area contributed by atoms with E-state index < -0.39 is 0 Å². The minimum Gasteiger partial charge on any atom is -0.495 e. The van der Waals surface area contributed by atoms with Crippen molar-refractivity contribution < 1.29 is 46.8 Å². The summed E-state index contributed by atoms with van der Waals surface area (Å²) in [7, 11) is 6.06. The lowest BCUT2D eigenvalue weighted by Gasteiger charge is -2.09. The summed E-state index contributed by atoms with van der Waals surface area (Å²) in [6, 6.07) is 6.66. The van der Waals surface area contributed by atoms with Crippen LogP contribution in [0.25, 0.3) is 21.9 Å². The molecular weight excluding hydrogens is 520 g/mol. The largest absolute Gasteiger partial charge is 0.495 e. The number of ether oxygens (including phenoxy) is 6. The standard InChI is InChI=1S/C30H34O10/c1-17(31)19-13-23(33-3)29-21(27(19)35-5)15-25(39-29)37-11-9-7-8-10-12-38-26-16-22-28(36-6)20(18(2)32)14-24(34-4)30(22)40-26/h13-16H,7-12H2,1-6H3. The van der Waals surface area contributed by atoms with Crippen molar-refractivity contribution in [2.24, 2.45) is 0 Å². The van der Waals surface area contributed by atoms with Crippen LogP contribution in [-0.4, -0.2) is 53.2 Å². The van der Waals surface area contributed by atoms with Gasteiger partial charge in [-0.3, -0.25) is 9.59 Å². The van der Waals surface area contributed by atoms with E-state index in [2.05, 4.69) is 0 Å². The molecule has 0 amide bonds. The van der Waals surface area contributed by atoms with Gasteiger partial charge in [0.05, 0.1) is 63.6 Å². The van der Waals surface area contributed by atoms with Crippen LogP contribution in [0.3, 0.4) is 0 Å². The Morgan fingerprint density at radius 3 is 1.32 bits per heavy atom. The Kier molecular flexibility index (Phi) is 9.08. The number of hydrogen-bond donors (Lipinski definition) is 0. The summed E-state index contributed by atoms with van der Waals surface area (Å²) in [5, 5.41) is 1.25. The van der Waals surface area contributed by atoms with Crippen molar-refractivity contribution in [2.75, 3.05) is 41.7 Å². The molecule has 0 radical (unpaired) electrons. The Morgan fingerprint density at radius 1 is 0.600 bits per heavy atom. The molecule has 0 aliphatic heterocycles. The molecule has 0 bridgehead atoms. The third-order valence-electron chi connectivity index (χ3n) is 6.53. The van der Waals surface area contributed by atoms with Gasteiger partial charge in [-0.15, -0.1) is 0 Å². The number of carbonyl (C=O) groups excluding carboxylic acids is 2. The summed E-state index contributed by atoms with van der Waals surface area (Å²) >= 11 is 0. The second kappa shape index (κ2) is 12.7. The third-order valence-corrected chi connectivity index (χ3v) is 6.53. The summed E-state index contributed by atoms with van der Waals surface area (Å²) < 4.78 is 45.0. The van der Waals surface area contributed by atoms with E-state index in [9.17, 15) is 9.59 Å². The number of fused-ring (bicyclic) bond motifs is 2. The van der Waals surface area contributed by atoms with Crippen LogP contribution in [0.1, 0.15) is 60.2 Å². The van der Waals surface area contributed by atoms with Crippen LogP contribution in [-0.2, 0) is 0 Å². The van der Waals surface area contributed by atoms with Gasteiger partial charge in [-0.25, -0.2) is 0 Å². The van der Waals surface area contributed by atoms with Gasteiger partial charge in [0.15, 0.2) is 34.2 Å². The van der Waals surface area contributed by atoms with Crippen LogP contribution in [0.2, 0.25) is 0 Å². The second-order valence-electron chi connectivity index (χ2n) is 9.16. The van der Waals surface area contributed by atoms with Crippen LogP contribution in [0.15, 0.2) is 33.1 Å². The maximum atomic E-state index is 12.0. The highest BCUT2D eigenvalue weighted by molar-refractivity contribution is 6.06. The topological polar surface area (TPSA) is 116 Å². The van der Waals surface area contributed by atoms with Crippen LogP contribution >= 0.6 is 0 Å². The van der Waals surface area contributed by atoms with Gasteiger partial charge in [0, 0.05) is 12.1 Å². The predicted molar refractivity (Wildman–Crippen MR) is 148 cm³/mol. The molecular formula is C30H34O10. The lowest BCUT2D eigenvalue weighted by atomic mass is 10.1. The van der Waals surface area contributed by atoms with Crippen molar-refractivity contribution in [2.45, 2.75) is 39.5 Å². The molecule has 4 aromatic rings. The van der Waals surface area contributed by atoms with Crippen molar-refractivity contribution in [3.63, 3.8) is 0 Å². The van der Waals surface area contributed by atoms with Gasteiger partial charge >= 0.3 is 0 Å². The predicted octanol–water partition coefficient (Wildman–Crippen LogP) is 6.64. The number of hydrogen-bond acceptors (Lipinski definition) is 10. The minimum absolute atomic E-state index is 0.133. The molecule has 10 nitrogen and oxygen atoms in total. The second-order valence-corrected chi connectivity index (χ2v) is 9.16. The zero-order valence-electron chi connectivity index (χ0n) is 23.6. The first kappa shape index (κ1) is 28.7. The number of Topliss-reactive ketones (excluding diaryl/α,β-unsaturated/α-hetero) is 2. The van der Waals surface area contributed by atoms with Gasteiger partial charge in [0.2, 0.25) is 0 Å². The van der Waals surface area contributed by atoms with Crippen molar-refractivity contribution in [1.29, 1.82) is 0 Å². The van der Waals surface area contributed by atoms with Crippen molar-refractivity contribution in [1.82, 2.24) is 0 Å². The fourth-order valence-corrected chi connectivity index (χ4v) is 4.57. The van der Waals surface area contributed by atoms with Crippen LogP contribution in [0.4, 0.5) is 0 Å². The van der Waals surface area contributed by atoms with E-state index in [0.717, 1.165) is 25.7 Å². The Bertz CT molecular complexity index is 1400. The lowest BCUT2D eigenvalue weighted by Crippen LogP contribution is -1.99. The van der Waals surface area contributed by atoms with Gasteiger partial charge in [-0.2, -0.15) is 0 Å². The molecule has 0 saturated carbocycles. The van der Waals surface area contributed by atoms with Crippen LogP contribution < -0.4 is 28.4 Å². The molecule has 2 aromatic heterocycles. The number of benzene rings is 2. The number of ketones is 2. The SMILES string of the molecule is COc1c(C(C)=O)cc(OC)c2oc(OCCCCCCOc3cc4c(OC)c(C(C)=O)cc(OC)c4o3)cc12. The zero-order chi connectivity index (χ0) is 28.8. The summed E-state index contributed by atoms with van der Waals surface area (Å²) in [6.07, 6.45) is 3.48. The van der Waals surface area contributed by atoms with Crippen molar-refractivity contribution in [3.8, 4) is 34.9 Å². The first-order valence-electron chi connectivity index (χ1n) is 13.0. The summed E-state index contributed by atoms with van der Waals surface area (Å²) in [5.41, 5.74) is 1.77. The minimum atomic E-state index is -0.133. The molecule has 0 N–H and O–H groups in total. The molecule has 2 aromatic carbocycles. The monoisotopic (exact) mass is 554 g/mol. The molecule has 0 spiro atoms. The molecule has 4 rings (SSSR count). The summed E-state index contributed by atoms with van der Waals surface area (Å²) in [6.45, 7) is 3.88. The van der Waals surface area contributed by atoms with Gasteiger partial charge < -0.3 is 37.3 Å². The average molecular weight is 555 g/mol. The van der Waals surface area contributed by atoms with E-state index in [4.69, 9.17) is 37.3 Å². The number of unbranched alkanes of at least 4 members (excludes halogenated alkanes) is 3. The van der Waals surface area contributed by atoms with Crippen LogP contribution in [0.5, 0.6) is 34.9 Å². The summed E-state index contributed by atoms with van der Waals surface area (Å²) in [5.74, 6) is 2.15. The van der Waals surface area contributed by atoms with E-state index in [0.29, 0.717) is 81.2 Å². The fourth-order valence-electron chi connectivity index (χ4n) is 4.57. The summed E-state index contributed by atoms with van der Waals surface area (Å²) in [4.78, 5) is 24.1. The Morgan fingerprint density at radius 2 is 1.00 bits per heavy atom. The van der Waals surface area contributed by atoms with E-state index in [1.807, 2.05) is 0 Å². The highest BCUT2D eigenvalue weighted by atomic mass is 16.6. The molecule has 0 saturated heterocycles. The normalized spacial score (nSPS) is 11.1. The molecule has 214 valence electrons. The Hall–Kier alpha value is -4.34. The quantitative estimate of drug-likeness (QED) is 0.117. The molecule has 0 aliphatic carbocycles. The van der Waals surface area contributed by atoms with Crippen LogP contribution in [0, 0.1) is 0 Å². The molecule has 2 heterocycles. The highest BCUT2D eigenvalue weighted by Gasteiger charge is 2.22. The lowest BCUT2D eigenvalue weighted by molar-refractivity contribution is 0.100. The van der Waals surface area contributed by atoms with E-state index in [-0.39, 0.29) is 11.6 Å². The van der Waals surface area contributed by atoms with E-state index in [1.165, 1.54) is 42.3 Å². The highest BCUT2D eigenvalue weighted by Crippen LogP contribution is 2.42. The smallest absolute Gasteiger partial charge is 0.285 e. The molecule has 0 aliphatic rings. The van der Waals surface area contributed by atoms with Gasteiger partial charge in [-0.05, 0) is 51.7 Å². The number of carbonyl (C=O) groups is 2. The van der Waals surface area contributed by atoms with Crippen molar-refractivity contribution in [3.05, 3.63) is 35.4 Å². The number of furan rings is 2. The maximum Gasteiger partial charge on any atom is 0.285 e. The third kappa shape index (κ3) is 5.80. The molecule has 0 atom stereocenters. The van der Waals surface area contributed by atoms with Gasteiger partial charge in [0.1, 0.15) is 11.5 Å². The molecule has 0 fully saturated rings. The van der Waals surface area contributed by atoms with E-state index >= 15 is 0 Å². The van der Waals surface area contributed by atoms with Crippen molar-refractivity contribution >= 4 is 33.5 Å². The molecule has 0 unspecified atom stereocenters. The van der Waals surface area contributed by atoms with E-state index in [1.54, 1.807) is 24.3 Å². The first-order valence-corrected chi connectivity index (χ1v) is 13.0. The first-order chi connectivity index (χ1) is 19.3. The zero-order valence-corrected chi connectivity index (χ0v) is 23.6. The molecule has 40 heavy (non-hydrogen) atoms. The fraction of sp³-hybridized carbons (Fsp3) is 0.400. The maximum absolute atomic E-state index is 12.0. The number of methoxy groups -OCH3 is 4. The Labute approximate surface area is 232 Å². The molecule has 10 heteroatoms. The average Bonchev–Trinajstić information content (AvgIpc) is 3.57. The van der Waals surface area contributed by atoms with Gasteiger partial charge in [-0.1, -0.05) is 0 Å². The number of rotatable bonds is 15.